The Bertz CT molecular complexity index is 582. The Morgan fingerprint density at radius 1 is 1.33 bits per heavy atom. The fraction of sp³-hybridized carbons (Fsp3) is 0.765. The van der Waals surface area contributed by atoms with Gasteiger partial charge < -0.3 is 14.7 Å². The van der Waals surface area contributed by atoms with Crippen molar-refractivity contribution in [3.63, 3.8) is 0 Å². The summed E-state index contributed by atoms with van der Waals surface area (Å²) in [6.07, 6.45) is 6.11. The number of carbonyl (C=O) groups is 2. The van der Waals surface area contributed by atoms with E-state index in [1.165, 1.54) is 0 Å². The minimum Gasteiger partial charge on any atom is -0.356 e. The van der Waals surface area contributed by atoms with Crippen molar-refractivity contribution in [1.29, 1.82) is 0 Å². The minimum atomic E-state index is -0.0787. The number of amides is 2. The second-order valence-corrected chi connectivity index (χ2v) is 6.83. The van der Waals surface area contributed by atoms with Crippen molar-refractivity contribution in [1.82, 2.24) is 20.4 Å². The van der Waals surface area contributed by atoms with Crippen molar-refractivity contribution in [3.05, 3.63) is 11.7 Å². The van der Waals surface area contributed by atoms with E-state index < -0.39 is 0 Å². The van der Waals surface area contributed by atoms with E-state index in [1.54, 1.807) is 0 Å². The number of hydrogen-bond donors (Lipinski definition) is 1. The van der Waals surface area contributed by atoms with Crippen LogP contribution in [0.3, 0.4) is 0 Å². The summed E-state index contributed by atoms with van der Waals surface area (Å²) in [5.41, 5.74) is 0. The number of nitrogens with one attached hydrogen (secondary N) is 1. The highest BCUT2D eigenvalue weighted by atomic mass is 16.5. The number of carbonyl (C=O) groups excluding carboxylic acids is 2. The van der Waals surface area contributed by atoms with Crippen molar-refractivity contribution in [2.75, 3.05) is 19.6 Å². The number of hydrogen-bond acceptors (Lipinski definition) is 5. The lowest BCUT2D eigenvalue weighted by atomic mass is 9.97. The van der Waals surface area contributed by atoms with Crippen LogP contribution in [0.1, 0.15) is 63.1 Å². The summed E-state index contributed by atoms with van der Waals surface area (Å²) in [7, 11) is 0. The summed E-state index contributed by atoms with van der Waals surface area (Å²) in [6.45, 7) is 4.24. The molecule has 0 bridgehead atoms. The molecule has 1 atom stereocenters. The Kier molecular flexibility index (Phi) is 5.48. The molecule has 24 heavy (non-hydrogen) atoms. The van der Waals surface area contributed by atoms with Crippen molar-refractivity contribution in [2.45, 2.75) is 57.8 Å². The van der Waals surface area contributed by atoms with Crippen LogP contribution in [0.2, 0.25) is 0 Å². The van der Waals surface area contributed by atoms with Crippen LogP contribution in [0, 0.1) is 5.92 Å². The van der Waals surface area contributed by atoms with E-state index in [-0.39, 0.29) is 30.1 Å². The smallest absolute Gasteiger partial charge is 0.231 e. The van der Waals surface area contributed by atoms with Gasteiger partial charge in [-0.2, -0.15) is 4.98 Å². The van der Waals surface area contributed by atoms with E-state index in [0.717, 1.165) is 45.1 Å². The summed E-state index contributed by atoms with van der Waals surface area (Å²) < 4.78 is 5.36. The third-order valence-electron chi connectivity index (χ3n) is 4.66. The van der Waals surface area contributed by atoms with Gasteiger partial charge in [0.2, 0.25) is 17.7 Å². The molecule has 7 heteroatoms. The van der Waals surface area contributed by atoms with E-state index in [2.05, 4.69) is 22.4 Å². The van der Waals surface area contributed by atoms with Gasteiger partial charge in [-0.15, -0.1) is 0 Å². The van der Waals surface area contributed by atoms with Crippen molar-refractivity contribution >= 4 is 11.8 Å². The summed E-state index contributed by atoms with van der Waals surface area (Å²) in [6, 6.07) is 0. The zero-order valence-corrected chi connectivity index (χ0v) is 14.3. The van der Waals surface area contributed by atoms with Gasteiger partial charge in [-0.25, -0.2) is 0 Å². The number of unbranched alkanes of at least 4 members (excludes halogenated alkanes) is 1. The van der Waals surface area contributed by atoms with Crippen molar-refractivity contribution < 1.29 is 14.1 Å². The Morgan fingerprint density at radius 2 is 2.17 bits per heavy atom. The number of nitrogens with zero attached hydrogens (tertiary/aromatic N) is 3. The fourth-order valence-electron chi connectivity index (χ4n) is 3.08. The molecule has 0 radical (unpaired) electrons. The quantitative estimate of drug-likeness (QED) is 0.766. The van der Waals surface area contributed by atoms with Gasteiger partial charge in [0, 0.05) is 25.6 Å². The topological polar surface area (TPSA) is 88.3 Å². The zero-order chi connectivity index (χ0) is 16.9. The largest absolute Gasteiger partial charge is 0.356 e. The first-order valence-electron chi connectivity index (χ1n) is 9.05. The average molecular weight is 334 g/mol. The van der Waals surface area contributed by atoms with Gasteiger partial charge in [0.25, 0.3) is 0 Å². The zero-order valence-electron chi connectivity index (χ0n) is 14.3. The predicted octanol–water partition coefficient (Wildman–Crippen LogP) is 1.64. The molecule has 3 rings (SSSR count). The van der Waals surface area contributed by atoms with Crippen LogP contribution in [-0.4, -0.2) is 46.5 Å². The highest BCUT2D eigenvalue weighted by Crippen LogP contribution is 2.34. The average Bonchev–Trinajstić information content (AvgIpc) is 3.34. The molecule has 1 N–H and O–H groups in total. The number of likely N-dealkylation sites (tertiary alicyclic amines) is 1. The van der Waals surface area contributed by atoms with Crippen LogP contribution in [0.25, 0.3) is 0 Å². The first kappa shape index (κ1) is 16.9. The third-order valence-corrected chi connectivity index (χ3v) is 4.66. The molecular weight excluding hydrogens is 308 g/mol. The summed E-state index contributed by atoms with van der Waals surface area (Å²) in [4.78, 5) is 30.3. The molecule has 0 aromatic carbocycles. The lowest BCUT2D eigenvalue weighted by Crippen LogP contribution is -2.40. The molecule has 1 unspecified atom stereocenters. The van der Waals surface area contributed by atoms with Gasteiger partial charge in [0.1, 0.15) is 0 Å². The van der Waals surface area contributed by atoms with E-state index in [0.29, 0.717) is 24.8 Å². The number of rotatable bonds is 7. The molecule has 1 aromatic heterocycles. The van der Waals surface area contributed by atoms with E-state index >= 15 is 0 Å². The van der Waals surface area contributed by atoms with E-state index in [9.17, 15) is 9.59 Å². The van der Waals surface area contributed by atoms with Gasteiger partial charge in [0.05, 0.1) is 12.3 Å². The van der Waals surface area contributed by atoms with E-state index in [1.807, 2.05) is 4.90 Å². The lowest BCUT2D eigenvalue weighted by Gasteiger charge is -2.31. The van der Waals surface area contributed by atoms with Gasteiger partial charge in [-0.05, 0) is 32.1 Å². The predicted molar refractivity (Wildman–Crippen MR) is 87.2 cm³/mol. The normalized spacial score (nSPS) is 20.9. The molecule has 1 saturated heterocycles. The minimum absolute atomic E-state index is 0.0787. The second-order valence-electron chi connectivity index (χ2n) is 6.83. The molecule has 2 heterocycles. The highest BCUT2D eigenvalue weighted by molar-refractivity contribution is 5.81. The SMILES string of the molecule is CCCCNC(=O)Cc1noc(C2CCCN(C(=O)C3CC3)C2)n1. The number of aromatic nitrogens is 2. The first-order valence-corrected chi connectivity index (χ1v) is 9.05. The Balaban J connectivity index is 1.52. The highest BCUT2D eigenvalue weighted by Gasteiger charge is 2.36. The summed E-state index contributed by atoms with van der Waals surface area (Å²) in [5.74, 6) is 1.50. The van der Waals surface area contributed by atoms with Crippen LogP contribution >= 0.6 is 0 Å². The Morgan fingerprint density at radius 3 is 2.92 bits per heavy atom. The second kappa shape index (κ2) is 7.77. The maximum atomic E-state index is 12.2. The fourth-order valence-corrected chi connectivity index (χ4v) is 3.08. The van der Waals surface area contributed by atoms with Crippen LogP contribution in [0.4, 0.5) is 0 Å². The van der Waals surface area contributed by atoms with Gasteiger partial charge in [-0.1, -0.05) is 18.5 Å². The van der Waals surface area contributed by atoms with Crippen LogP contribution < -0.4 is 5.32 Å². The Labute approximate surface area is 142 Å². The first-order chi connectivity index (χ1) is 11.7. The molecule has 132 valence electrons. The van der Waals surface area contributed by atoms with Crippen molar-refractivity contribution in [3.8, 4) is 0 Å². The van der Waals surface area contributed by atoms with Gasteiger partial charge >= 0.3 is 0 Å². The lowest BCUT2D eigenvalue weighted by molar-refractivity contribution is -0.133. The monoisotopic (exact) mass is 334 g/mol. The van der Waals surface area contributed by atoms with Crippen LogP contribution in [0.15, 0.2) is 4.52 Å². The molecule has 2 amide bonds. The molecule has 1 saturated carbocycles. The Hall–Kier alpha value is -1.92. The maximum Gasteiger partial charge on any atom is 0.231 e. The van der Waals surface area contributed by atoms with Crippen LogP contribution in [0.5, 0.6) is 0 Å². The van der Waals surface area contributed by atoms with E-state index in [4.69, 9.17) is 4.52 Å². The van der Waals surface area contributed by atoms with Crippen molar-refractivity contribution in [2.24, 2.45) is 5.92 Å². The summed E-state index contributed by atoms with van der Waals surface area (Å²) in [5, 5.41) is 6.78. The molecule has 0 spiro atoms. The molecule has 1 aliphatic carbocycles. The molecule has 2 fully saturated rings. The van der Waals surface area contributed by atoms with Crippen LogP contribution in [-0.2, 0) is 16.0 Å². The molecule has 1 aliphatic heterocycles. The third kappa shape index (κ3) is 4.33. The molecule has 1 aromatic rings. The van der Waals surface area contributed by atoms with Gasteiger partial charge in [0.15, 0.2) is 5.82 Å². The summed E-state index contributed by atoms with van der Waals surface area (Å²) >= 11 is 0. The molecular formula is C17H26N4O3. The van der Waals surface area contributed by atoms with Gasteiger partial charge in [-0.3, -0.25) is 9.59 Å². The molecule has 7 nitrogen and oxygen atoms in total. The number of piperidine rings is 1. The standard InChI is InChI=1S/C17H26N4O3/c1-2-3-8-18-15(22)10-14-19-16(24-20-14)13-5-4-9-21(11-13)17(23)12-6-7-12/h12-13H,2-11H2,1H3,(H,18,22). The molecule has 2 aliphatic rings. The maximum absolute atomic E-state index is 12.2.